The lowest BCUT2D eigenvalue weighted by atomic mass is 9.78. The van der Waals surface area contributed by atoms with Gasteiger partial charge in [-0.1, -0.05) is 73.2 Å². The second-order valence-electron chi connectivity index (χ2n) is 14.9. The molecule has 4 aromatic rings. The fraction of sp³-hybridized carbons (Fsp3) is 0.429. The van der Waals surface area contributed by atoms with E-state index in [0.717, 1.165) is 84.9 Å². The molecule has 0 atom stereocenters. The summed E-state index contributed by atoms with van der Waals surface area (Å²) in [5.74, 6) is 0.984. The average molecular weight is 674 g/mol. The quantitative estimate of drug-likeness (QED) is 0.124. The van der Waals surface area contributed by atoms with Gasteiger partial charge in [0.15, 0.2) is 7.05 Å². The van der Waals surface area contributed by atoms with Gasteiger partial charge in [0.2, 0.25) is 0 Å². The zero-order chi connectivity index (χ0) is 37.2. The van der Waals surface area contributed by atoms with Crippen molar-refractivity contribution >= 4 is 0 Å². The molecule has 0 aromatic heterocycles. The van der Waals surface area contributed by atoms with Crippen LogP contribution in [-0.4, -0.2) is 32.4 Å². The third kappa shape index (κ3) is 9.34. The van der Waals surface area contributed by atoms with Crippen LogP contribution in [0.5, 0.6) is 23.0 Å². The Morgan fingerprint density at radius 3 is 1.00 bits per heavy atom. The van der Waals surface area contributed by atoms with Crippen molar-refractivity contribution < 1.29 is 25.3 Å². The maximum atomic E-state index is 11.2. The van der Waals surface area contributed by atoms with E-state index in [1.54, 1.807) is 12.1 Å². The minimum absolute atomic E-state index is 0. The summed E-state index contributed by atoms with van der Waals surface area (Å²) in [6.07, 6.45) is 0. The Kier molecular flexibility index (Phi) is 13.7. The van der Waals surface area contributed by atoms with Gasteiger partial charge in [-0.2, -0.15) is 0 Å². The van der Waals surface area contributed by atoms with Gasteiger partial charge in [-0.3, -0.25) is 10.1 Å². The number of phenolic OH excluding ortho intramolecular Hbond substituents is 4. The molecule has 0 unspecified atom stereocenters. The first kappa shape index (κ1) is 42.5. The first-order valence-corrected chi connectivity index (χ1v) is 16.2. The monoisotopic (exact) mass is 673 g/mol. The Morgan fingerprint density at radius 1 is 0.510 bits per heavy atom. The molecule has 0 spiro atoms. The van der Waals surface area contributed by atoms with Gasteiger partial charge < -0.3 is 20.4 Å². The van der Waals surface area contributed by atoms with Crippen LogP contribution in [0.1, 0.15) is 105 Å². The normalized spacial score (nSPS) is 11.1. The molecule has 0 saturated heterocycles. The van der Waals surface area contributed by atoms with E-state index in [4.69, 9.17) is 10.1 Å². The van der Waals surface area contributed by atoms with Crippen molar-refractivity contribution in [1.29, 1.82) is 0 Å². The number of nitro groups is 1. The van der Waals surface area contributed by atoms with Crippen LogP contribution < -0.4 is 0 Å². The molecule has 0 amide bonds. The van der Waals surface area contributed by atoms with Gasteiger partial charge in [0.05, 0.1) is 0 Å². The molecule has 268 valence electrons. The maximum Gasteiger partial charge on any atom is 0.194 e. The lowest BCUT2D eigenvalue weighted by molar-refractivity contribution is -0.445. The van der Waals surface area contributed by atoms with E-state index in [0.29, 0.717) is 0 Å². The van der Waals surface area contributed by atoms with Crippen LogP contribution in [0.25, 0.3) is 22.3 Å². The zero-order valence-corrected chi connectivity index (χ0v) is 31.5. The molecule has 4 N–H and O–H groups in total. The molecule has 0 aliphatic heterocycles. The zero-order valence-electron chi connectivity index (χ0n) is 31.5. The highest BCUT2D eigenvalue weighted by atomic mass is 16.6. The lowest BCUT2D eigenvalue weighted by Gasteiger charge is -2.28. The number of phenols is 4. The molecule has 0 aliphatic carbocycles. The Bertz CT molecular complexity index is 1710. The molecule has 4 aromatic carbocycles. The van der Waals surface area contributed by atoms with E-state index in [9.17, 15) is 20.4 Å². The van der Waals surface area contributed by atoms with E-state index >= 15 is 0 Å². The second-order valence-corrected chi connectivity index (χ2v) is 14.9. The molecule has 0 heterocycles. The highest BCUT2D eigenvalue weighted by Crippen LogP contribution is 2.49. The molecule has 0 radical (unpaired) electrons. The van der Waals surface area contributed by atoms with Crippen molar-refractivity contribution in [2.75, 3.05) is 7.05 Å². The summed E-state index contributed by atoms with van der Waals surface area (Å²) in [6.45, 7) is 28.7. The molecule has 0 aliphatic rings. The number of hydrogen-bond acceptors (Lipinski definition) is 6. The van der Waals surface area contributed by atoms with Crippen LogP contribution in [0.2, 0.25) is 0 Å². The van der Waals surface area contributed by atoms with Crippen molar-refractivity contribution in [2.45, 2.75) is 115 Å². The summed E-state index contributed by atoms with van der Waals surface area (Å²) in [6, 6.07) is 11.3. The Balaban J connectivity index is 0.000000454. The van der Waals surface area contributed by atoms with Crippen molar-refractivity contribution in [1.82, 2.24) is 0 Å². The first-order chi connectivity index (χ1) is 21.8. The number of rotatable bonds is 2. The molecule has 0 bridgehead atoms. The number of nitrogens with zero attached hydrogens (tertiary/aromatic N) is 1. The Labute approximate surface area is 294 Å². The summed E-state index contributed by atoms with van der Waals surface area (Å²) >= 11 is 0. The largest absolute Gasteiger partial charge is 0.507 e. The predicted molar refractivity (Wildman–Crippen MR) is 205 cm³/mol. The summed E-state index contributed by atoms with van der Waals surface area (Å²) in [5.41, 5.74) is 12.9. The van der Waals surface area contributed by atoms with Gasteiger partial charge >= 0.3 is 0 Å². The van der Waals surface area contributed by atoms with Crippen molar-refractivity contribution in [3.8, 4) is 45.3 Å². The fourth-order valence-electron chi connectivity index (χ4n) is 5.79. The molecule has 49 heavy (non-hydrogen) atoms. The third-order valence-electron chi connectivity index (χ3n) is 9.18. The van der Waals surface area contributed by atoms with Gasteiger partial charge in [0.1, 0.15) is 23.0 Å². The van der Waals surface area contributed by atoms with Crippen molar-refractivity contribution in [3.05, 3.63) is 102 Å². The molecule has 0 fully saturated rings. The van der Waals surface area contributed by atoms with Crippen molar-refractivity contribution in [2.24, 2.45) is 0 Å². The van der Waals surface area contributed by atoms with E-state index in [1.807, 2.05) is 53.7 Å². The standard InChI is InChI=1S/C24H34O2.C16H18O2.CH3NO2.CH4/c1-13-11-17(23(5,6)7)21(25)19(15(13)3)20-16(4)14(2)12-18(22(20)26)24(8,9)10;1-9-5-7-13(17)15(11(9)3)16-12(4)10(2)6-8-14(16)18;1-2(3)4;/h11-12,25-26H,1-10H3;5-8,17-18H,1-4H3;1H3;1H4. The molecular weight excluding hydrogens is 614 g/mol. The Hall–Kier alpha value is -4.52. The molecule has 7 heteroatoms. The summed E-state index contributed by atoms with van der Waals surface area (Å²) in [4.78, 5) is 8.31. The summed E-state index contributed by atoms with van der Waals surface area (Å²) in [7, 11) is 0.889. The molecular formula is C42H59NO6. The average Bonchev–Trinajstić information content (AvgIpc) is 2.95. The van der Waals surface area contributed by atoms with Crippen LogP contribution in [-0.2, 0) is 10.8 Å². The molecule has 7 nitrogen and oxygen atoms in total. The van der Waals surface area contributed by atoms with Gasteiger partial charge in [-0.25, -0.2) is 0 Å². The Morgan fingerprint density at radius 2 is 0.755 bits per heavy atom. The smallest absolute Gasteiger partial charge is 0.194 e. The SMILES string of the molecule is C.C[N+](=O)[O-].Cc1cc(C(C)(C)C)c(O)c(-c2c(C)c(C)cc(C(C)(C)C)c2O)c1C.Cc1ccc(O)c(-c2c(O)ccc(C)c2C)c1C. The van der Waals surface area contributed by atoms with Crippen LogP contribution in [0.3, 0.4) is 0 Å². The number of aryl methyl sites for hydroxylation is 4. The van der Waals surface area contributed by atoms with E-state index in [2.05, 4.69) is 67.5 Å². The van der Waals surface area contributed by atoms with Crippen LogP contribution in [0.15, 0.2) is 36.4 Å². The van der Waals surface area contributed by atoms with E-state index in [-0.39, 0.29) is 41.3 Å². The van der Waals surface area contributed by atoms with Gasteiger partial charge in [-0.05, 0) is 123 Å². The van der Waals surface area contributed by atoms with E-state index in [1.165, 1.54) is 0 Å². The van der Waals surface area contributed by atoms with Gasteiger partial charge in [0.25, 0.3) is 0 Å². The number of hydrogen-bond donors (Lipinski definition) is 4. The number of benzene rings is 4. The minimum Gasteiger partial charge on any atom is -0.507 e. The summed E-state index contributed by atoms with van der Waals surface area (Å²) in [5, 5.41) is 51.4. The second kappa shape index (κ2) is 15.8. The molecule has 0 saturated carbocycles. The highest BCUT2D eigenvalue weighted by Gasteiger charge is 2.29. The van der Waals surface area contributed by atoms with Gasteiger partial charge in [-0.15, -0.1) is 0 Å². The maximum absolute atomic E-state index is 11.2. The topological polar surface area (TPSA) is 124 Å². The lowest BCUT2D eigenvalue weighted by Crippen LogP contribution is -2.14. The number of aromatic hydroxyl groups is 4. The third-order valence-corrected chi connectivity index (χ3v) is 9.18. The summed E-state index contributed by atoms with van der Waals surface area (Å²) < 4.78 is 0. The fourth-order valence-corrected chi connectivity index (χ4v) is 5.79. The van der Waals surface area contributed by atoms with E-state index < -0.39 is 4.92 Å². The van der Waals surface area contributed by atoms with Crippen LogP contribution >= 0.6 is 0 Å². The highest BCUT2D eigenvalue weighted by molar-refractivity contribution is 5.85. The van der Waals surface area contributed by atoms with Crippen molar-refractivity contribution in [3.63, 3.8) is 0 Å². The van der Waals surface area contributed by atoms with Crippen LogP contribution in [0, 0.1) is 65.5 Å². The predicted octanol–water partition coefficient (Wildman–Crippen LogP) is 11.1. The minimum atomic E-state index is -0.500. The van der Waals surface area contributed by atoms with Crippen LogP contribution in [0.4, 0.5) is 0 Å². The first-order valence-electron chi connectivity index (χ1n) is 16.2. The molecule has 4 rings (SSSR count). The van der Waals surface area contributed by atoms with Gasteiger partial charge in [0, 0.05) is 38.3 Å².